The number of likely N-dealkylation sites (N-methyl/N-ethyl adjacent to an activating group) is 1. The van der Waals surface area contributed by atoms with Crippen LogP contribution < -0.4 is 11.5 Å². The maximum atomic E-state index is 13.8. The molecule has 192 valence electrons. The topological polar surface area (TPSA) is 207 Å². The first-order valence-electron chi connectivity index (χ1n) is 11.7. The number of Topliss-reactive ketones (excluding diaryl/α,β-unsaturated/α-hetero) is 4. The zero-order valence-electron chi connectivity index (χ0n) is 20.0. The maximum absolute atomic E-state index is 13.8. The molecule has 1 heterocycles. The summed E-state index contributed by atoms with van der Waals surface area (Å²) in [6, 6.07) is 1.89. The number of nitrogens with zero attached hydrogens (tertiary/aromatic N) is 3. The number of carbonyl (C=O) groups is 5. The molecule has 2 saturated carbocycles. The number of phenols is 1. The Labute approximate surface area is 210 Å². The molecule has 6 atom stereocenters. The van der Waals surface area contributed by atoms with Crippen molar-refractivity contribution in [2.24, 2.45) is 29.4 Å². The van der Waals surface area contributed by atoms with Gasteiger partial charge >= 0.3 is 0 Å². The van der Waals surface area contributed by atoms with E-state index in [-0.39, 0.29) is 29.9 Å². The van der Waals surface area contributed by atoms with Crippen LogP contribution in [0.1, 0.15) is 22.3 Å². The number of hydrogen-bond donors (Lipinski definition) is 4. The monoisotopic (exact) mass is 507 g/mol. The average molecular weight is 508 g/mol. The van der Waals surface area contributed by atoms with Gasteiger partial charge in [-0.2, -0.15) is 0 Å². The number of nitrogen functional groups attached to an aromatic ring is 1. The predicted octanol–water partition coefficient (Wildman–Crippen LogP) is -1.09. The summed E-state index contributed by atoms with van der Waals surface area (Å²) in [5.41, 5.74) is 8.97. The minimum Gasteiger partial charge on any atom is -0.505 e. The standard InChI is InChI=1S/C25H25N5O7/c1-30(2)17-12-7-9-6-10-11(24-28-4-3-5-29-24)8-13(26)18(31)15(10)19(32)14(9)21(34)25(12,37)22(35)16(20(17)33)23(27)36/h3-5,8-9,12,14,16-17,31,37H,6-7,26H2,1-2H3,(H2,27,36). The number of nitrogens with two attached hydrogens (primary N) is 2. The lowest BCUT2D eigenvalue weighted by molar-refractivity contribution is -0.181. The Balaban J connectivity index is 1.69. The van der Waals surface area contributed by atoms with E-state index < -0.39 is 70.1 Å². The van der Waals surface area contributed by atoms with Gasteiger partial charge in [-0.25, -0.2) is 9.97 Å². The number of primary amides is 1. The number of ketones is 4. The highest BCUT2D eigenvalue weighted by molar-refractivity contribution is 6.32. The molecule has 1 amide bonds. The zero-order valence-corrected chi connectivity index (χ0v) is 20.0. The molecule has 1 aromatic carbocycles. The fraction of sp³-hybridized carbons (Fsp3) is 0.400. The van der Waals surface area contributed by atoms with Crippen molar-refractivity contribution in [3.63, 3.8) is 0 Å². The quantitative estimate of drug-likeness (QED) is 0.223. The molecule has 37 heavy (non-hydrogen) atoms. The first kappa shape index (κ1) is 24.7. The van der Waals surface area contributed by atoms with Gasteiger partial charge in [-0.05, 0) is 50.6 Å². The lowest BCUT2D eigenvalue weighted by atomic mass is 9.52. The minimum absolute atomic E-state index is 0.0515. The van der Waals surface area contributed by atoms with Crippen LogP contribution >= 0.6 is 0 Å². The van der Waals surface area contributed by atoms with Crippen LogP contribution in [0.2, 0.25) is 0 Å². The highest BCUT2D eigenvalue weighted by Gasteiger charge is 2.69. The van der Waals surface area contributed by atoms with Crippen LogP contribution in [0.15, 0.2) is 24.5 Å². The fourth-order valence-corrected chi connectivity index (χ4v) is 6.33. The van der Waals surface area contributed by atoms with E-state index in [2.05, 4.69) is 9.97 Å². The van der Waals surface area contributed by atoms with Crippen LogP contribution in [-0.2, 0) is 25.6 Å². The number of amides is 1. The van der Waals surface area contributed by atoms with Crippen LogP contribution in [0.3, 0.4) is 0 Å². The van der Waals surface area contributed by atoms with Gasteiger partial charge in [0.25, 0.3) is 0 Å². The van der Waals surface area contributed by atoms with Crippen molar-refractivity contribution in [2.45, 2.75) is 24.5 Å². The molecule has 5 rings (SSSR count). The molecular weight excluding hydrogens is 482 g/mol. The molecule has 0 bridgehead atoms. The van der Waals surface area contributed by atoms with Crippen LogP contribution in [0.5, 0.6) is 5.75 Å². The molecule has 3 aliphatic rings. The van der Waals surface area contributed by atoms with Crippen molar-refractivity contribution in [2.75, 3.05) is 19.8 Å². The molecule has 1 aromatic heterocycles. The van der Waals surface area contributed by atoms with Crippen LogP contribution in [0.4, 0.5) is 5.69 Å². The average Bonchev–Trinajstić information content (AvgIpc) is 2.83. The van der Waals surface area contributed by atoms with Crippen molar-refractivity contribution in [1.82, 2.24) is 14.9 Å². The van der Waals surface area contributed by atoms with Gasteiger partial charge in [-0.3, -0.25) is 28.9 Å². The molecule has 0 saturated heterocycles. The summed E-state index contributed by atoms with van der Waals surface area (Å²) in [4.78, 5) is 76.0. The van der Waals surface area contributed by atoms with E-state index in [0.29, 0.717) is 11.1 Å². The summed E-state index contributed by atoms with van der Waals surface area (Å²) in [6.07, 6.45) is 3.05. The van der Waals surface area contributed by atoms with E-state index in [0.717, 1.165) is 0 Å². The number of rotatable bonds is 3. The normalized spacial score (nSPS) is 31.1. The van der Waals surface area contributed by atoms with E-state index in [1.807, 2.05) is 0 Å². The SMILES string of the molecule is CN(C)C1C(=O)C(C(N)=O)C(=O)C2(O)C(=O)C3C(=O)c4c(O)c(N)cc(-c5ncccn5)c4CC3CC12. The Kier molecular flexibility index (Phi) is 5.50. The predicted molar refractivity (Wildman–Crippen MR) is 127 cm³/mol. The summed E-state index contributed by atoms with van der Waals surface area (Å²) in [5.74, 6) is -11.0. The molecule has 0 radical (unpaired) electrons. The molecule has 3 aliphatic carbocycles. The van der Waals surface area contributed by atoms with Gasteiger partial charge in [0.1, 0.15) is 5.75 Å². The first-order valence-corrected chi connectivity index (χ1v) is 11.7. The Morgan fingerprint density at radius 1 is 1.14 bits per heavy atom. The van der Waals surface area contributed by atoms with E-state index in [9.17, 15) is 34.2 Å². The second-order valence-electron chi connectivity index (χ2n) is 10.1. The molecule has 0 aliphatic heterocycles. The third-order valence-corrected chi connectivity index (χ3v) is 7.90. The highest BCUT2D eigenvalue weighted by Crippen LogP contribution is 2.52. The first-order chi connectivity index (χ1) is 17.4. The van der Waals surface area contributed by atoms with Gasteiger partial charge < -0.3 is 21.7 Å². The fourth-order valence-electron chi connectivity index (χ4n) is 6.33. The second kappa shape index (κ2) is 8.25. The third-order valence-electron chi connectivity index (χ3n) is 7.90. The number of aromatic nitrogens is 2. The lowest BCUT2D eigenvalue weighted by Gasteiger charge is -2.52. The molecule has 12 nitrogen and oxygen atoms in total. The van der Waals surface area contributed by atoms with Gasteiger partial charge in [-0.1, -0.05) is 0 Å². The van der Waals surface area contributed by atoms with E-state index in [1.54, 1.807) is 6.07 Å². The highest BCUT2D eigenvalue weighted by atomic mass is 16.3. The molecule has 12 heteroatoms. The maximum Gasteiger partial charge on any atom is 0.235 e. The molecule has 6 N–H and O–H groups in total. The number of anilines is 1. The molecule has 2 fully saturated rings. The van der Waals surface area contributed by atoms with Crippen molar-refractivity contribution >= 4 is 34.7 Å². The smallest absolute Gasteiger partial charge is 0.235 e. The van der Waals surface area contributed by atoms with Crippen LogP contribution in [-0.4, -0.2) is 79.9 Å². The van der Waals surface area contributed by atoms with E-state index in [4.69, 9.17) is 11.5 Å². The Morgan fingerprint density at radius 2 is 1.78 bits per heavy atom. The van der Waals surface area contributed by atoms with E-state index in [1.165, 1.54) is 37.5 Å². The van der Waals surface area contributed by atoms with Gasteiger partial charge in [0, 0.05) is 23.9 Å². The minimum atomic E-state index is -2.78. The zero-order chi connectivity index (χ0) is 27.0. The summed E-state index contributed by atoms with van der Waals surface area (Å²) < 4.78 is 0. The molecular formula is C25H25N5O7. The number of aromatic hydroxyl groups is 1. The van der Waals surface area contributed by atoms with Gasteiger partial charge in [0.15, 0.2) is 40.5 Å². The summed E-state index contributed by atoms with van der Waals surface area (Å²) >= 11 is 0. The van der Waals surface area contributed by atoms with Crippen LogP contribution in [0, 0.1) is 23.7 Å². The Hall–Kier alpha value is -4.03. The van der Waals surface area contributed by atoms with Gasteiger partial charge in [0.2, 0.25) is 5.91 Å². The number of benzene rings is 1. The third kappa shape index (κ3) is 3.25. The van der Waals surface area contributed by atoms with Crippen molar-refractivity contribution in [3.8, 4) is 17.1 Å². The number of hydrogen-bond acceptors (Lipinski definition) is 11. The number of fused-ring (bicyclic) bond motifs is 3. The Bertz CT molecular complexity index is 1390. The molecule has 6 unspecified atom stereocenters. The largest absolute Gasteiger partial charge is 0.505 e. The number of carbonyl (C=O) groups excluding carboxylic acids is 5. The molecule has 0 spiro atoms. The Morgan fingerprint density at radius 3 is 2.38 bits per heavy atom. The summed E-state index contributed by atoms with van der Waals surface area (Å²) in [7, 11) is 3.06. The second-order valence-corrected chi connectivity index (χ2v) is 10.1. The van der Waals surface area contributed by atoms with Crippen LogP contribution in [0.25, 0.3) is 11.4 Å². The van der Waals surface area contributed by atoms with Crippen molar-refractivity contribution < 1.29 is 34.2 Å². The molecule has 2 aromatic rings. The van der Waals surface area contributed by atoms with Gasteiger partial charge in [0.05, 0.1) is 23.2 Å². The number of aliphatic hydroxyl groups is 1. The van der Waals surface area contributed by atoms with Crippen molar-refractivity contribution in [1.29, 1.82) is 0 Å². The number of phenolic OH excluding ortho intramolecular Hbond substituents is 1. The lowest BCUT2D eigenvalue weighted by Crippen LogP contribution is -2.74. The van der Waals surface area contributed by atoms with Gasteiger partial charge in [-0.15, -0.1) is 0 Å². The summed E-state index contributed by atoms with van der Waals surface area (Å²) in [6.45, 7) is 0. The van der Waals surface area contributed by atoms with Crippen molar-refractivity contribution in [3.05, 3.63) is 35.7 Å². The summed E-state index contributed by atoms with van der Waals surface area (Å²) in [5, 5.41) is 22.3. The van der Waals surface area contributed by atoms with E-state index >= 15 is 0 Å².